The lowest BCUT2D eigenvalue weighted by atomic mass is 10.1. The van der Waals surface area contributed by atoms with Crippen molar-refractivity contribution < 1.29 is 9.52 Å². The van der Waals surface area contributed by atoms with Crippen molar-refractivity contribution in [2.24, 2.45) is 0 Å². The highest BCUT2D eigenvalue weighted by molar-refractivity contribution is 6.31. The molecule has 0 amide bonds. The van der Waals surface area contributed by atoms with Crippen molar-refractivity contribution in [1.82, 2.24) is 0 Å². The molecule has 3 rings (SSSR count). The lowest BCUT2D eigenvalue weighted by molar-refractivity contribution is 0.449. The van der Waals surface area contributed by atoms with Gasteiger partial charge in [0.1, 0.15) is 5.58 Å². The molecule has 4 heteroatoms. The first-order valence-corrected chi connectivity index (χ1v) is 6.46. The molecule has 0 bridgehead atoms. The topological polar surface area (TPSA) is 50.4 Å². The van der Waals surface area contributed by atoms with E-state index in [-0.39, 0.29) is 11.5 Å². The van der Waals surface area contributed by atoms with Crippen LogP contribution in [0, 0.1) is 6.92 Å². The van der Waals surface area contributed by atoms with Crippen molar-refractivity contribution >= 4 is 22.6 Å². The largest absolute Gasteiger partial charge is 0.502 e. The first-order valence-electron chi connectivity index (χ1n) is 6.08. The Morgan fingerprint density at radius 2 is 1.80 bits per heavy atom. The fourth-order valence-corrected chi connectivity index (χ4v) is 2.22. The Morgan fingerprint density at radius 1 is 1.10 bits per heavy atom. The zero-order valence-corrected chi connectivity index (χ0v) is 11.4. The van der Waals surface area contributed by atoms with Gasteiger partial charge in [-0.15, -0.1) is 0 Å². The summed E-state index contributed by atoms with van der Waals surface area (Å²) in [6.07, 6.45) is 0. The first-order chi connectivity index (χ1) is 9.56. The molecular formula is C16H11ClO3. The standard InChI is InChI=1S/C16H11ClO3/c1-9-2-4-10(5-3-9)16-15(19)14(18)12-7-6-11(17)8-13(12)20-16/h2-8,19H,1H3. The smallest absolute Gasteiger partial charge is 0.235 e. The maximum Gasteiger partial charge on any atom is 0.235 e. The van der Waals surface area contributed by atoms with Crippen LogP contribution < -0.4 is 5.43 Å². The second-order valence-electron chi connectivity index (χ2n) is 4.62. The van der Waals surface area contributed by atoms with Crippen molar-refractivity contribution in [2.75, 3.05) is 0 Å². The van der Waals surface area contributed by atoms with Crippen LogP contribution in [-0.2, 0) is 0 Å². The number of aromatic hydroxyl groups is 1. The molecule has 20 heavy (non-hydrogen) atoms. The summed E-state index contributed by atoms with van der Waals surface area (Å²) in [7, 11) is 0. The predicted octanol–water partition coefficient (Wildman–Crippen LogP) is 4.13. The van der Waals surface area contributed by atoms with E-state index >= 15 is 0 Å². The summed E-state index contributed by atoms with van der Waals surface area (Å²) in [5.41, 5.74) is 1.63. The molecule has 3 aromatic rings. The lowest BCUT2D eigenvalue weighted by Crippen LogP contribution is -2.02. The van der Waals surface area contributed by atoms with Crippen LogP contribution in [0.15, 0.2) is 51.7 Å². The fraction of sp³-hybridized carbons (Fsp3) is 0.0625. The van der Waals surface area contributed by atoms with E-state index in [1.165, 1.54) is 0 Å². The molecule has 100 valence electrons. The highest BCUT2D eigenvalue weighted by Crippen LogP contribution is 2.30. The highest BCUT2D eigenvalue weighted by Gasteiger charge is 2.15. The predicted molar refractivity (Wildman–Crippen MR) is 79.3 cm³/mol. The molecule has 0 atom stereocenters. The summed E-state index contributed by atoms with van der Waals surface area (Å²) < 4.78 is 5.65. The molecule has 0 saturated heterocycles. The number of halogens is 1. The molecule has 2 aromatic carbocycles. The lowest BCUT2D eigenvalue weighted by Gasteiger charge is -2.06. The second kappa shape index (κ2) is 4.69. The van der Waals surface area contributed by atoms with Gasteiger partial charge in [-0.1, -0.05) is 41.4 Å². The van der Waals surface area contributed by atoms with Crippen LogP contribution in [0.4, 0.5) is 0 Å². The number of hydrogen-bond donors (Lipinski definition) is 1. The summed E-state index contributed by atoms with van der Waals surface area (Å²) in [6.45, 7) is 1.96. The number of fused-ring (bicyclic) bond motifs is 1. The normalized spacial score (nSPS) is 10.9. The minimum absolute atomic E-state index is 0.157. The van der Waals surface area contributed by atoms with E-state index in [4.69, 9.17) is 16.0 Å². The van der Waals surface area contributed by atoms with Gasteiger partial charge in [0.25, 0.3) is 0 Å². The third-order valence-corrected chi connectivity index (χ3v) is 3.38. The average Bonchev–Trinajstić information content (AvgIpc) is 2.44. The van der Waals surface area contributed by atoms with Crippen LogP contribution >= 0.6 is 11.6 Å². The van der Waals surface area contributed by atoms with Gasteiger partial charge >= 0.3 is 0 Å². The van der Waals surface area contributed by atoms with E-state index in [0.29, 0.717) is 21.6 Å². The van der Waals surface area contributed by atoms with Gasteiger partial charge in [-0.3, -0.25) is 4.79 Å². The van der Waals surface area contributed by atoms with Gasteiger partial charge in [0.2, 0.25) is 11.2 Å². The third kappa shape index (κ3) is 2.06. The molecule has 0 unspecified atom stereocenters. The van der Waals surface area contributed by atoms with Gasteiger partial charge in [-0.25, -0.2) is 0 Å². The van der Waals surface area contributed by atoms with Crippen molar-refractivity contribution in [3.63, 3.8) is 0 Å². The molecule has 0 spiro atoms. The maximum absolute atomic E-state index is 12.1. The quantitative estimate of drug-likeness (QED) is 0.732. The Balaban J connectivity index is 2.33. The van der Waals surface area contributed by atoms with E-state index in [1.54, 1.807) is 30.3 Å². The van der Waals surface area contributed by atoms with Crippen LogP contribution in [0.1, 0.15) is 5.56 Å². The summed E-state index contributed by atoms with van der Waals surface area (Å²) in [4.78, 5) is 12.1. The molecule has 3 nitrogen and oxygen atoms in total. The van der Waals surface area contributed by atoms with Crippen LogP contribution in [0.2, 0.25) is 5.02 Å². The summed E-state index contributed by atoms with van der Waals surface area (Å²) in [6, 6.07) is 12.1. The highest BCUT2D eigenvalue weighted by atomic mass is 35.5. The first kappa shape index (κ1) is 12.8. The van der Waals surface area contributed by atoms with Gasteiger partial charge in [0.05, 0.1) is 5.39 Å². The van der Waals surface area contributed by atoms with Gasteiger partial charge in [0, 0.05) is 16.7 Å². The summed E-state index contributed by atoms with van der Waals surface area (Å²) in [5, 5.41) is 10.8. The summed E-state index contributed by atoms with van der Waals surface area (Å²) >= 11 is 5.91. The minimum Gasteiger partial charge on any atom is -0.502 e. The minimum atomic E-state index is -0.460. The molecule has 0 aliphatic heterocycles. The van der Waals surface area contributed by atoms with Gasteiger partial charge < -0.3 is 9.52 Å². The Hall–Kier alpha value is -2.26. The number of benzene rings is 2. The SMILES string of the molecule is Cc1ccc(-c2oc3cc(Cl)ccc3c(=O)c2O)cc1. The molecule has 0 radical (unpaired) electrons. The van der Waals surface area contributed by atoms with Gasteiger partial charge in [-0.2, -0.15) is 0 Å². The monoisotopic (exact) mass is 286 g/mol. The maximum atomic E-state index is 12.1. The Labute approximate surface area is 120 Å². The van der Waals surface area contributed by atoms with Crippen molar-refractivity contribution in [3.8, 4) is 17.1 Å². The zero-order chi connectivity index (χ0) is 14.3. The van der Waals surface area contributed by atoms with Crippen molar-refractivity contribution in [3.05, 3.63) is 63.3 Å². The number of hydrogen-bond acceptors (Lipinski definition) is 3. The van der Waals surface area contributed by atoms with E-state index in [1.807, 2.05) is 19.1 Å². The molecule has 1 heterocycles. The molecular weight excluding hydrogens is 276 g/mol. The van der Waals surface area contributed by atoms with Crippen LogP contribution in [0.3, 0.4) is 0 Å². The van der Waals surface area contributed by atoms with Crippen molar-refractivity contribution in [2.45, 2.75) is 6.92 Å². The number of rotatable bonds is 1. The molecule has 1 N–H and O–H groups in total. The summed E-state index contributed by atoms with van der Waals surface area (Å²) in [5.74, 6) is -0.228. The molecule has 0 aliphatic rings. The van der Waals surface area contributed by atoms with Gasteiger partial charge in [0.15, 0.2) is 5.76 Å². The van der Waals surface area contributed by atoms with Crippen LogP contribution in [-0.4, -0.2) is 5.11 Å². The van der Waals surface area contributed by atoms with E-state index < -0.39 is 5.43 Å². The van der Waals surface area contributed by atoms with Crippen LogP contribution in [0.5, 0.6) is 5.75 Å². The zero-order valence-electron chi connectivity index (χ0n) is 10.7. The molecule has 1 aromatic heterocycles. The van der Waals surface area contributed by atoms with Crippen molar-refractivity contribution in [1.29, 1.82) is 0 Å². The Kier molecular flexibility index (Phi) is 2.99. The molecule has 0 fully saturated rings. The Bertz CT molecular complexity index is 848. The van der Waals surface area contributed by atoms with E-state index in [2.05, 4.69) is 0 Å². The Morgan fingerprint density at radius 3 is 2.50 bits per heavy atom. The molecule has 0 aliphatic carbocycles. The van der Waals surface area contributed by atoms with E-state index in [0.717, 1.165) is 5.56 Å². The van der Waals surface area contributed by atoms with E-state index in [9.17, 15) is 9.90 Å². The average molecular weight is 287 g/mol. The molecule has 0 saturated carbocycles. The second-order valence-corrected chi connectivity index (χ2v) is 5.05. The third-order valence-electron chi connectivity index (χ3n) is 3.14. The van der Waals surface area contributed by atoms with Gasteiger partial charge in [-0.05, 0) is 19.1 Å². The number of aryl methyl sites for hydroxylation is 1. The van der Waals surface area contributed by atoms with Crippen LogP contribution in [0.25, 0.3) is 22.3 Å². The fourth-order valence-electron chi connectivity index (χ4n) is 2.06.